The molecule has 5 heteroatoms. The summed E-state index contributed by atoms with van der Waals surface area (Å²) in [6.45, 7) is 12.8. The van der Waals surface area contributed by atoms with E-state index in [1.165, 1.54) is 0 Å². The summed E-state index contributed by atoms with van der Waals surface area (Å²) in [6.07, 6.45) is 1.17. The number of amides is 2. The second-order valence-electron chi connectivity index (χ2n) is 6.47. The Hall–Kier alpha value is -1.78. The molecule has 0 saturated heterocycles. The van der Waals surface area contributed by atoms with E-state index in [-0.39, 0.29) is 17.9 Å². The van der Waals surface area contributed by atoms with Gasteiger partial charge in [-0.25, -0.2) is 0 Å². The zero-order chi connectivity index (χ0) is 17.6. The minimum absolute atomic E-state index is 0.0137. The summed E-state index contributed by atoms with van der Waals surface area (Å²) in [4.78, 5) is 26.4. The number of hydrogen-bond donors (Lipinski definition) is 1. The smallest absolute Gasteiger partial charge is 0.257 e. The first-order chi connectivity index (χ1) is 10.8. The number of nitrogens with zero attached hydrogens (tertiary/aromatic N) is 1. The van der Waals surface area contributed by atoms with Crippen LogP contribution in [0.4, 0.5) is 0 Å². The molecule has 0 saturated carbocycles. The van der Waals surface area contributed by atoms with Crippen LogP contribution in [0.15, 0.2) is 10.5 Å². The highest BCUT2D eigenvalue weighted by Crippen LogP contribution is 2.16. The minimum atomic E-state index is -0.0640. The van der Waals surface area contributed by atoms with Gasteiger partial charge < -0.3 is 14.6 Å². The molecule has 130 valence electrons. The van der Waals surface area contributed by atoms with Gasteiger partial charge in [-0.15, -0.1) is 0 Å². The Labute approximate surface area is 139 Å². The molecule has 0 bridgehead atoms. The standard InChI is InChI=1S/C18H30N2O3/c1-7-9-20(10-8-17(21)19-14(5)12(2)3)18(22)16-11-13(4)23-15(16)6/h11-12,14H,7-10H2,1-6H3,(H,19,21). The summed E-state index contributed by atoms with van der Waals surface area (Å²) in [5.41, 5.74) is 0.590. The highest BCUT2D eigenvalue weighted by Gasteiger charge is 2.21. The molecule has 1 atom stereocenters. The van der Waals surface area contributed by atoms with E-state index in [2.05, 4.69) is 19.2 Å². The van der Waals surface area contributed by atoms with Crippen molar-refractivity contribution in [1.29, 1.82) is 0 Å². The van der Waals surface area contributed by atoms with Crippen LogP contribution in [-0.2, 0) is 4.79 Å². The van der Waals surface area contributed by atoms with Crippen molar-refractivity contribution in [3.63, 3.8) is 0 Å². The fourth-order valence-electron chi connectivity index (χ4n) is 2.33. The van der Waals surface area contributed by atoms with Crippen molar-refractivity contribution in [2.45, 2.75) is 60.4 Å². The van der Waals surface area contributed by atoms with Gasteiger partial charge in [-0.3, -0.25) is 9.59 Å². The Morgan fingerprint density at radius 3 is 2.35 bits per heavy atom. The van der Waals surface area contributed by atoms with Crippen molar-refractivity contribution in [2.75, 3.05) is 13.1 Å². The van der Waals surface area contributed by atoms with E-state index in [0.717, 1.165) is 12.2 Å². The maximum absolute atomic E-state index is 12.6. The molecule has 1 aromatic heterocycles. The minimum Gasteiger partial charge on any atom is -0.466 e. The Morgan fingerprint density at radius 2 is 1.87 bits per heavy atom. The average Bonchev–Trinajstić information content (AvgIpc) is 2.81. The largest absolute Gasteiger partial charge is 0.466 e. The predicted octanol–water partition coefficient (Wildman–Crippen LogP) is 3.30. The van der Waals surface area contributed by atoms with Gasteiger partial charge in [-0.05, 0) is 39.2 Å². The van der Waals surface area contributed by atoms with Gasteiger partial charge in [0.15, 0.2) is 0 Å². The van der Waals surface area contributed by atoms with Gasteiger partial charge in [0.2, 0.25) is 5.91 Å². The van der Waals surface area contributed by atoms with Gasteiger partial charge in [-0.2, -0.15) is 0 Å². The van der Waals surface area contributed by atoms with Crippen molar-refractivity contribution in [1.82, 2.24) is 10.2 Å². The molecule has 1 rings (SSSR count). The Morgan fingerprint density at radius 1 is 1.22 bits per heavy atom. The summed E-state index contributed by atoms with van der Waals surface area (Å²) in [6, 6.07) is 1.90. The van der Waals surface area contributed by atoms with Crippen LogP contribution < -0.4 is 5.32 Å². The summed E-state index contributed by atoms with van der Waals surface area (Å²) >= 11 is 0. The summed E-state index contributed by atoms with van der Waals surface area (Å²) in [5.74, 6) is 1.67. The van der Waals surface area contributed by atoms with Crippen LogP contribution in [-0.4, -0.2) is 35.8 Å². The van der Waals surface area contributed by atoms with Crippen molar-refractivity contribution < 1.29 is 14.0 Å². The SMILES string of the molecule is CCCN(CCC(=O)NC(C)C(C)C)C(=O)c1cc(C)oc1C. The van der Waals surface area contributed by atoms with Crippen LogP contribution >= 0.6 is 0 Å². The maximum atomic E-state index is 12.6. The molecule has 1 N–H and O–H groups in total. The molecule has 5 nitrogen and oxygen atoms in total. The van der Waals surface area contributed by atoms with E-state index >= 15 is 0 Å². The second kappa shape index (κ2) is 8.75. The number of hydrogen-bond acceptors (Lipinski definition) is 3. The van der Waals surface area contributed by atoms with Crippen LogP contribution in [0.2, 0.25) is 0 Å². The molecule has 1 heterocycles. The van der Waals surface area contributed by atoms with Crippen LogP contribution in [0.3, 0.4) is 0 Å². The first kappa shape index (κ1) is 19.3. The van der Waals surface area contributed by atoms with Gasteiger partial charge in [0, 0.05) is 25.6 Å². The summed E-state index contributed by atoms with van der Waals surface area (Å²) in [5, 5.41) is 2.98. The first-order valence-corrected chi connectivity index (χ1v) is 8.41. The van der Waals surface area contributed by atoms with E-state index in [1.54, 1.807) is 17.9 Å². The normalized spacial score (nSPS) is 12.3. The van der Waals surface area contributed by atoms with Gasteiger partial charge in [0.1, 0.15) is 11.5 Å². The van der Waals surface area contributed by atoms with Gasteiger partial charge >= 0.3 is 0 Å². The van der Waals surface area contributed by atoms with Gasteiger partial charge in [-0.1, -0.05) is 20.8 Å². The van der Waals surface area contributed by atoms with E-state index < -0.39 is 0 Å². The number of nitrogens with one attached hydrogen (secondary N) is 1. The highest BCUT2D eigenvalue weighted by molar-refractivity contribution is 5.95. The van der Waals surface area contributed by atoms with Crippen molar-refractivity contribution in [3.8, 4) is 0 Å². The lowest BCUT2D eigenvalue weighted by atomic mass is 10.1. The highest BCUT2D eigenvalue weighted by atomic mass is 16.3. The predicted molar refractivity (Wildman–Crippen MR) is 91.4 cm³/mol. The Kier molecular flexibility index (Phi) is 7.33. The third-order valence-electron chi connectivity index (χ3n) is 4.05. The lowest BCUT2D eigenvalue weighted by Crippen LogP contribution is -2.39. The van der Waals surface area contributed by atoms with Crippen molar-refractivity contribution in [3.05, 3.63) is 23.2 Å². The molecule has 1 aromatic rings. The van der Waals surface area contributed by atoms with Crippen molar-refractivity contribution >= 4 is 11.8 Å². The zero-order valence-corrected chi connectivity index (χ0v) is 15.2. The molecule has 2 amide bonds. The number of carbonyl (C=O) groups excluding carboxylic acids is 2. The monoisotopic (exact) mass is 322 g/mol. The van der Waals surface area contributed by atoms with E-state index in [0.29, 0.717) is 36.8 Å². The van der Waals surface area contributed by atoms with Crippen LogP contribution in [0.25, 0.3) is 0 Å². The zero-order valence-electron chi connectivity index (χ0n) is 15.2. The Bertz CT molecular complexity index is 534. The molecule has 0 spiro atoms. The van der Waals surface area contributed by atoms with Gasteiger partial charge in [0.25, 0.3) is 5.91 Å². The molecule has 0 aromatic carbocycles. The maximum Gasteiger partial charge on any atom is 0.257 e. The molecule has 1 unspecified atom stereocenters. The summed E-state index contributed by atoms with van der Waals surface area (Å²) < 4.78 is 5.44. The third-order valence-corrected chi connectivity index (χ3v) is 4.05. The number of furan rings is 1. The lowest BCUT2D eigenvalue weighted by Gasteiger charge is -2.23. The van der Waals surface area contributed by atoms with E-state index in [4.69, 9.17) is 4.42 Å². The number of carbonyl (C=O) groups is 2. The summed E-state index contributed by atoms with van der Waals surface area (Å²) in [7, 11) is 0. The third kappa shape index (κ3) is 5.73. The van der Waals surface area contributed by atoms with E-state index in [9.17, 15) is 9.59 Å². The van der Waals surface area contributed by atoms with E-state index in [1.807, 2.05) is 20.8 Å². The van der Waals surface area contributed by atoms with Crippen molar-refractivity contribution in [2.24, 2.45) is 5.92 Å². The fraction of sp³-hybridized carbons (Fsp3) is 0.667. The Balaban J connectivity index is 2.66. The topological polar surface area (TPSA) is 62.6 Å². The number of aryl methyl sites for hydroxylation is 2. The van der Waals surface area contributed by atoms with Crippen LogP contribution in [0, 0.1) is 19.8 Å². The van der Waals surface area contributed by atoms with Crippen LogP contribution in [0.1, 0.15) is 62.4 Å². The molecule has 0 aliphatic carbocycles. The number of rotatable bonds is 8. The average molecular weight is 322 g/mol. The lowest BCUT2D eigenvalue weighted by molar-refractivity contribution is -0.122. The molecule has 23 heavy (non-hydrogen) atoms. The molecular formula is C18H30N2O3. The molecule has 0 aliphatic heterocycles. The molecular weight excluding hydrogens is 292 g/mol. The molecule has 0 aliphatic rings. The second-order valence-corrected chi connectivity index (χ2v) is 6.47. The van der Waals surface area contributed by atoms with Gasteiger partial charge in [0.05, 0.1) is 5.56 Å². The molecule has 0 fully saturated rings. The quantitative estimate of drug-likeness (QED) is 0.799. The molecule has 0 radical (unpaired) electrons. The first-order valence-electron chi connectivity index (χ1n) is 8.41. The fourth-order valence-corrected chi connectivity index (χ4v) is 2.33. The van der Waals surface area contributed by atoms with Crippen LogP contribution in [0.5, 0.6) is 0 Å².